The zero-order chi connectivity index (χ0) is 14.5. The molecule has 1 atom stereocenters. The summed E-state index contributed by atoms with van der Waals surface area (Å²) in [5, 5.41) is 1.80. The van der Waals surface area contributed by atoms with Crippen LogP contribution in [0.2, 0.25) is 0 Å². The lowest BCUT2D eigenvalue weighted by molar-refractivity contribution is -0.146. The summed E-state index contributed by atoms with van der Waals surface area (Å²) in [6, 6.07) is 9.10. The van der Waals surface area contributed by atoms with Gasteiger partial charge in [0.25, 0.3) is 11.1 Å². The van der Waals surface area contributed by atoms with Gasteiger partial charge in [-0.1, -0.05) is 18.2 Å². The monoisotopic (exact) mass is 294 g/mol. The predicted octanol–water partition coefficient (Wildman–Crippen LogP) is 1.68. The number of hydrogen-bond donors (Lipinski definition) is 1. The maximum absolute atomic E-state index is 12.1. The molecule has 1 aliphatic rings. The molecule has 1 aromatic carbocycles. The number of hydrogen-bond acceptors (Lipinski definition) is 6. The van der Waals surface area contributed by atoms with Crippen molar-refractivity contribution in [3.8, 4) is 0 Å². The van der Waals surface area contributed by atoms with Gasteiger partial charge in [0.2, 0.25) is 0 Å². The van der Waals surface area contributed by atoms with Gasteiger partial charge < -0.3 is 10.1 Å². The van der Waals surface area contributed by atoms with Crippen molar-refractivity contribution >= 4 is 34.6 Å². The fraction of sp³-hybridized carbons (Fsp3) is 0.308. The number of para-hydroxylation sites is 1. The molecule has 1 saturated heterocycles. The molecule has 6 nitrogen and oxygen atoms in total. The molecule has 1 unspecified atom stereocenters. The van der Waals surface area contributed by atoms with E-state index in [-0.39, 0.29) is 13.2 Å². The van der Waals surface area contributed by atoms with Crippen LogP contribution in [0, 0.1) is 0 Å². The van der Waals surface area contributed by atoms with Gasteiger partial charge in [-0.15, -0.1) is 0 Å². The van der Waals surface area contributed by atoms with E-state index in [1.165, 1.54) is 0 Å². The van der Waals surface area contributed by atoms with Crippen LogP contribution in [0.15, 0.2) is 30.3 Å². The third-order valence-corrected chi connectivity index (χ3v) is 3.57. The zero-order valence-corrected chi connectivity index (χ0v) is 11.7. The Morgan fingerprint density at radius 1 is 1.35 bits per heavy atom. The minimum absolute atomic E-state index is 0.216. The van der Waals surface area contributed by atoms with Gasteiger partial charge in [0.15, 0.2) is 5.37 Å². The smallest absolute Gasteiger partial charge is 0.326 e. The van der Waals surface area contributed by atoms with Crippen molar-refractivity contribution in [3.63, 3.8) is 0 Å². The number of esters is 1. The highest BCUT2D eigenvalue weighted by Gasteiger charge is 2.40. The summed E-state index contributed by atoms with van der Waals surface area (Å²) < 4.78 is 4.74. The van der Waals surface area contributed by atoms with E-state index in [9.17, 15) is 14.4 Å². The van der Waals surface area contributed by atoms with Crippen LogP contribution in [-0.2, 0) is 14.3 Å². The van der Waals surface area contributed by atoms with E-state index in [2.05, 4.69) is 5.32 Å². The molecule has 7 heteroatoms. The van der Waals surface area contributed by atoms with Gasteiger partial charge in [0, 0.05) is 5.69 Å². The second-order valence-corrected chi connectivity index (χ2v) is 5.06. The van der Waals surface area contributed by atoms with Crippen molar-refractivity contribution in [2.75, 3.05) is 18.5 Å². The Balaban J connectivity index is 2.00. The third kappa shape index (κ3) is 3.30. The summed E-state index contributed by atoms with van der Waals surface area (Å²) >= 11 is 0.855. The first-order valence-corrected chi connectivity index (χ1v) is 6.99. The van der Waals surface area contributed by atoms with Crippen molar-refractivity contribution < 1.29 is 19.1 Å². The van der Waals surface area contributed by atoms with Crippen LogP contribution < -0.4 is 5.32 Å². The van der Waals surface area contributed by atoms with E-state index < -0.39 is 22.5 Å². The second kappa shape index (κ2) is 6.42. The summed E-state index contributed by atoms with van der Waals surface area (Å²) in [6.45, 7) is 1.54. The number of nitrogens with one attached hydrogen (secondary N) is 1. The maximum atomic E-state index is 12.1. The minimum Gasteiger partial charge on any atom is -0.465 e. The standard InChI is InChI=1S/C13H14N2O4S/c1-2-19-10(16)8-15-12(17)11(20-13(15)18)14-9-6-4-3-5-7-9/h3-7,11,14H,2,8H2,1H3. The molecule has 0 saturated carbocycles. The van der Waals surface area contributed by atoms with Crippen LogP contribution in [0.1, 0.15) is 6.92 Å². The molecule has 2 rings (SSSR count). The number of carbonyl (C=O) groups excluding carboxylic acids is 3. The van der Waals surface area contributed by atoms with Crippen molar-refractivity contribution in [1.29, 1.82) is 0 Å². The molecule has 1 aliphatic heterocycles. The number of amides is 2. The first-order valence-electron chi connectivity index (χ1n) is 6.11. The van der Waals surface area contributed by atoms with Crippen LogP contribution in [0.25, 0.3) is 0 Å². The molecule has 0 spiro atoms. The minimum atomic E-state index is -0.709. The van der Waals surface area contributed by atoms with Gasteiger partial charge in [0.1, 0.15) is 6.54 Å². The van der Waals surface area contributed by atoms with Crippen LogP contribution in [0.4, 0.5) is 10.5 Å². The Bertz CT molecular complexity index is 520. The second-order valence-electron chi connectivity index (χ2n) is 4.00. The van der Waals surface area contributed by atoms with Crippen LogP contribution in [0.3, 0.4) is 0 Å². The van der Waals surface area contributed by atoms with E-state index >= 15 is 0 Å². The normalized spacial score (nSPS) is 18.2. The van der Waals surface area contributed by atoms with E-state index in [1.807, 2.05) is 18.2 Å². The number of nitrogens with zero attached hydrogens (tertiary/aromatic N) is 1. The molecule has 1 heterocycles. The van der Waals surface area contributed by atoms with Gasteiger partial charge >= 0.3 is 5.97 Å². The fourth-order valence-electron chi connectivity index (χ4n) is 1.70. The molecule has 0 aromatic heterocycles. The van der Waals surface area contributed by atoms with Crippen molar-refractivity contribution in [3.05, 3.63) is 30.3 Å². The largest absolute Gasteiger partial charge is 0.465 e. The molecule has 20 heavy (non-hydrogen) atoms. The van der Waals surface area contributed by atoms with Gasteiger partial charge in [-0.3, -0.25) is 19.3 Å². The van der Waals surface area contributed by atoms with E-state index in [4.69, 9.17) is 4.74 Å². The number of imide groups is 1. The van der Waals surface area contributed by atoms with E-state index in [1.54, 1.807) is 19.1 Å². The number of rotatable bonds is 5. The summed E-state index contributed by atoms with van der Waals surface area (Å²) in [6.07, 6.45) is 0. The highest BCUT2D eigenvalue weighted by atomic mass is 32.2. The Labute approximate surface area is 120 Å². The predicted molar refractivity (Wildman–Crippen MR) is 75.2 cm³/mol. The first-order chi connectivity index (χ1) is 9.61. The molecule has 106 valence electrons. The number of carbonyl (C=O) groups is 3. The Morgan fingerprint density at radius 2 is 2.05 bits per heavy atom. The summed E-state index contributed by atoms with van der Waals surface area (Å²) in [7, 11) is 0. The molecule has 2 amide bonds. The molecule has 0 bridgehead atoms. The first kappa shape index (κ1) is 14.4. The van der Waals surface area contributed by atoms with Crippen LogP contribution >= 0.6 is 11.8 Å². The molecule has 0 radical (unpaired) electrons. The van der Waals surface area contributed by atoms with Crippen molar-refractivity contribution in [2.45, 2.75) is 12.3 Å². The molecular formula is C13H14N2O4S. The number of ether oxygens (including phenoxy) is 1. The van der Waals surface area contributed by atoms with E-state index in [0.717, 1.165) is 22.3 Å². The van der Waals surface area contributed by atoms with Crippen LogP contribution in [-0.4, -0.2) is 40.5 Å². The number of thioether (sulfide) groups is 1. The van der Waals surface area contributed by atoms with Gasteiger partial charge in [-0.25, -0.2) is 0 Å². The summed E-state index contributed by atoms with van der Waals surface area (Å²) in [5.41, 5.74) is 0.740. The molecule has 1 aromatic rings. The summed E-state index contributed by atoms with van der Waals surface area (Å²) in [5.74, 6) is -1.02. The quantitative estimate of drug-likeness (QED) is 0.833. The Kier molecular flexibility index (Phi) is 4.62. The highest BCUT2D eigenvalue weighted by Crippen LogP contribution is 2.27. The SMILES string of the molecule is CCOC(=O)CN1C(=O)SC(Nc2ccccc2)C1=O. The number of benzene rings is 1. The average Bonchev–Trinajstić information content (AvgIpc) is 2.68. The highest BCUT2D eigenvalue weighted by molar-refractivity contribution is 8.15. The molecule has 1 N–H and O–H groups in total. The summed E-state index contributed by atoms with van der Waals surface area (Å²) in [4.78, 5) is 36.1. The van der Waals surface area contributed by atoms with Crippen molar-refractivity contribution in [2.24, 2.45) is 0 Å². The molecular weight excluding hydrogens is 280 g/mol. The van der Waals surface area contributed by atoms with Crippen LogP contribution in [0.5, 0.6) is 0 Å². The third-order valence-electron chi connectivity index (χ3n) is 2.59. The Hall–Kier alpha value is -2.02. The van der Waals surface area contributed by atoms with Gasteiger partial charge in [-0.05, 0) is 30.8 Å². The number of anilines is 1. The van der Waals surface area contributed by atoms with Crippen molar-refractivity contribution in [1.82, 2.24) is 4.90 Å². The lowest BCUT2D eigenvalue weighted by atomic mass is 10.3. The Morgan fingerprint density at radius 3 is 2.70 bits per heavy atom. The molecule has 1 fully saturated rings. The fourth-order valence-corrected chi connectivity index (χ4v) is 2.61. The zero-order valence-electron chi connectivity index (χ0n) is 10.9. The molecule has 0 aliphatic carbocycles. The van der Waals surface area contributed by atoms with Gasteiger partial charge in [-0.2, -0.15) is 0 Å². The van der Waals surface area contributed by atoms with Gasteiger partial charge in [0.05, 0.1) is 6.61 Å². The lowest BCUT2D eigenvalue weighted by Gasteiger charge is -2.13. The maximum Gasteiger partial charge on any atom is 0.326 e. The lowest BCUT2D eigenvalue weighted by Crippen LogP contribution is -2.38. The topological polar surface area (TPSA) is 75.7 Å². The van der Waals surface area contributed by atoms with E-state index in [0.29, 0.717) is 0 Å². The average molecular weight is 294 g/mol.